The predicted molar refractivity (Wildman–Crippen MR) is 108 cm³/mol. The Labute approximate surface area is 160 Å². The van der Waals surface area contributed by atoms with Crippen molar-refractivity contribution in [1.82, 2.24) is 0 Å². The molecule has 0 unspecified atom stereocenters. The first-order valence-corrected chi connectivity index (χ1v) is 9.01. The van der Waals surface area contributed by atoms with Crippen LogP contribution in [0.25, 0.3) is 0 Å². The average molecular weight is 363 g/mol. The Morgan fingerprint density at radius 2 is 1.89 bits per heavy atom. The van der Waals surface area contributed by atoms with Gasteiger partial charge in [0.15, 0.2) is 0 Å². The fourth-order valence-corrected chi connectivity index (χ4v) is 2.97. The van der Waals surface area contributed by atoms with Gasteiger partial charge in [-0.2, -0.15) is 5.26 Å². The van der Waals surface area contributed by atoms with Crippen LogP contribution in [-0.2, 0) is 9.59 Å². The number of hydrogen-bond donors (Lipinski definition) is 1. The van der Waals surface area contributed by atoms with Crippen molar-refractivity contribution in [3.05, 3.63) is 59.2 Å². The number of nitrogens with one attached hydrogen (secondary N) is 1. The number of nitriles is 1. The second-order valence-corrected chi connectivity index (χ2v) is 6.82. The van der Waals surface area contributed by atoms with E-state index >= 15 is 0 Å². The zero-order valence-electron chi connectivity index (χ0n) is 16.2. The SMILES string of the molecule is CC(=O)N(CCC(=O)Nc1c(C)cccc1C(C)C)c1cccc(C#N)c1. The minimum atomic E-state index is -0.170. The molecule has 0 aliphatic carbocycles. The molecule has 0 aliphatic rings. The summed E-state index contributed by atoms with van der Waals surface area (Å²) in [6.07, 6.45) is 0.169. The van der Waals surface area contributed by atoms with Gasteiger partial charge in [0.05, 0.1) is 11.6 Å². The van der Waals surface area contributed by atoms with Crippen molar-refractivity contribution in [2.45, 2.75) is 40.0 Å². The summed E-state index contributed by atoms with van der Waals surface area (Å²) < 4.78 is 0. The van der Waals surface area contributed by atoms with E-state index in [9.17, 15) is 9.59 Å². The van der Waals surface area contributed by atoms with Gasteiger partial charge < -0.3 is 10.2 Å². The topological polar surface area (TPSA) is 73.2 Å². The Morgan fingerprint density at radius 1 is 1.19 bits per heavy atom. The lowest BCUT2D eigenvalue weighted by Gasteiger charge is -2.22. The summed E-state index contributed by atoms with van der Waals surface area (Å²) in [6, 6.07) is 14.9. The van der Waals surface area contributed by atoms with Crippen molar-refractivity contribution in [1.29, 1.82) is 5.26 Å². The molecule has 140 valence electrons. The second-order valence-electron chi connectivity index (χ2n) is 6.82. The van der Waals surface area contributed by atoms with Crippen LogP contribution in [0.5, 0.6) is 0 Å². The number of nitrogens with zero attached hydrogens (tertiary/aromatic N) is 2. The van der Waals surface area contributed by atoms with Crippen LogP contribution in [-0.4, -0.2) is 18.4 Å². The van der Waals surface area contributed by atoms with E-state index in [2.05, 4.69) is 25.2 Å². The molecule has 0 aromatic heterocycles. The quantitative estimate of drug-likeness (QED) is 0.828. The van der Waals surface area contributed by atoms with E-state index in [0.29, 0.717) is 17.2 Å². The minimum absolute atomic E-state index is 0.145. The van der Waals surface area contributed by atoms with E-state index in [1.54, 1.807) is 24.3 Å². The molecule has 0 saturated carbocycles. The molecule has 2 aromatic carbocycles. The molecule has 5 heteroatoms. The number of carbonyl (C=O) groups is 2. The first kappa shape index (κ1) is 20.2. The zero-order valence-corrected chi connectivity index (χ0v) is 16.2. The summed E-state index contributed by atoms with van der Waals surface area (Å²) in [5.74, 6) is -0.0202. The molecule has 0 spiro atoms. The maximum atomic E-state index is 12.5. The van der Waals surface area contributed by atoms with Crippen LogP contribution in [0.1, 0.15) is 49.8 Å². The molecule has 0 atom stereocenters. The van der Waals surface area contributed by atoms with Gasteiger partial charge in [0.25, 0.3) is 0 Å². The highest BCUT2D eigenvalue weighted by Crippen LogP contribution is 2.27. The van der Waals surface area contributed by atoms with Crippen molar-refractivity contribution < 1.29 is 9.59 Å². The van der Waals surface area contributed by atoms with E-state index in [0.717, 1.165) is 16.8 Å². The Bertz CT molecular complexity index is 881. The Hall–Kier alpha value is -3.13. The highest BCUT2D eigenvalue weighted by atomic mass is 16.2. The molecular weight excluding hydrogens is 338 g/mol. The van der Waals surface area contributed by atoms with Gasteiger partial charge in [-0.1, -0.05) is 38.1 Å². The first-order valence-electron chi connectivity index (χ1n) is 9.01. The largest absolute Gasteiger partial charge is 0.326 e. The summed E-state index contributed by atoms with van der Waals surface area (Å²) in [6.45, 7) is 7.85. The summed E-state index contributed by atoms with van der Waals surface area (Å²) in [5, 5.41) is 12.0. The van der Waals surface area contributed by atoms with E-state index < -0.39 is 0 Å². The van der Waals surface area contributed by atoms with Crippen LogP contribution in [0.2, 0.25) is 0 Å². The third-order valence-corrected chi connectivity index (χ3v) is 4.42. The van der Waals surface area contributed by atoms with Crippen LogP contribution < -0.4 is 10.2 Å². The van der Waals surface area contributed by atoms with Crippen molar-refractivity contribution in [3.8, 4) is 6.07 Å². The Balaban J connectivity index is 2.12. The van der Waals surface area contributed by atoms with Gasteiger partial charge in [-0.25, -0.2) is 0 Å². The monoisotopic (exact) mass is 363 g/mol. The van der Waals surface area contributed by atoms with Gasteiger partial charge in [0.2, 0.25) is 11.8 Å². The fourth-order valence-electron chi connectivity index (χ4n) is 2.97. The molecule has 0 saturated heterocycles. The second kappa shape index (κ2) is 9.00. The molecule has 2 amide bonds. The van der Waals surface area contributed by atoms with Gasteiger partial charge >= 0.3 is 0 Å². The van der Waals surface area contributed by atoms with Crippen LogP contribution >= 0.6 is 0 Å². The molecule has 5 nitrogen and oxygen atoms in total. The number of benzene rings is 2. The standard InChI is InChI=1S/C22H25N3O2/c1-15(2)20-10-5-7-16(3)22(20)24-21(27)11-12-25(17(4)26)19-9-6-8-18(13-19)14-23/h5-10,13,15H,11-12H2,1-4H3,(H,24,27). The summed E-state index contributed by atoms with van der Waals surface area (Å²) >= 11 is 0. The number of hydrogen-bond acceptors (Lipinski definition) is 3. The molecule has 0 radical (unpaired) electrons. The molecule has 0 heterocycles. The summed E-state index contributed by atoms with van der Waals surface area (Å²) in [7, 11) is 0. The lowest BCUT2D eigenvalue weighted by molar-refractivity contribution is -0.117. The third-order valence-electron chi connectivity index (χ3n) is 4.42. The normalized spacial score (nSPS) is 10.4. The average Bonchev–Trinajstić information content (AvgIpc) is 2.63. The van der Waals surface area contributed by atoms with Crippen molar-refractivity contribution in [2.24, 2.45) is 0 Å². The summed E-state index contributed by atoms with van der Waals surface area (Å²) in [4.78, 5) is 26.1. The highest BCUT2D eigenvalue weighted by molar-refractivity contribution is 5.95. The zero-order chi connectivity index (χ0) is 20.0. The number of rotatable bonds is 6. The van der Waals surface area contributed by atoms with Crippen LogP contribution in [0.3, 0.4) is 0 Å². The maximum Gasteiger partial charge on any atom is 0.226 e. The molecule has 2 rings (SSSR count). The van der Waals surface area contributed by atoms with Gasteiger partial charge in [0, 0.05) is 31.3 Å². The van der Waals surface area contributed by atoms with E-state index in [1.807, 2.05) is 25.1 Å². The molecule has 2 aromatic rings. The van der Waals surface area contributed by atoms with Crippen LogP contribution in [0.15, 0.2) is 42.5 Å². The highest BCUT2D eigenvalue weighted by Gasteiger charge is 2.16. The van der Waals surface area contributed by atoms with Gasteiger partial charge in [0.1, 0.15) is 0 Å². The number of anilines is 2. The van der Waals surface area contributed by atoms with Crippen molar-refractivity contribution in [2.75, 3.05) is 16.8 Å². The third kappa shape index (κ3) is 5.18. The predicted octanol–water partition coefficient (Wildman–Crippen LogP) is 4.37. The Morgan fingerprint density at radius 3 is 2.52 bits per heavy atom. The minimum Gasteiger partial charge on any atom is -0.326 e. The molecular formula is C22H25N3O2. The van der Waals surface area contributed by atoms with Crippen molar-refractivity contribution in [3.63, 3.8) is 0 Å². The maximum absolute atomic E-state index is 12.5. The fraction of sp³-hybridized carbons (Fsp3) is 0.318. The van der Waals surface area contributed by atoms with Gasteiger partial charge in [-0.15, -0.1) is 0 Å². The molecule has 27 heavy (non-hydrogen) atoms. The molecule has 1 N–H and O–H groups in total. The number of carbonyl (C=O) groups excluding carboxylic acids is 2. The lowest BCUT2D eigenvalue weighted by atomic mass is 9.98. The molecule has 0 bridgehead atoms. The number of amides is 2. The number of aryl methyl sites for hydroxylation is 1. The van der Waals surface area contributed by atoms with Gasteiger partial charge in [-0.05, 0) is 42.2 Å². The van der Waals surface area contributed by atoms with Crippen LogP contribution in [0.4, 0.5) is 11.4 Å². The first-order chi connectivity index (χ1) is 12.8. The molecule has 0 fully saturated rings. The summed E-state index contributed by atoms with van der Waals surface area (Å²) in [5.41, 5.74) is 4.05. The Kier molecular flexibility index (Phi) is 6.73. The van der Waals surface area contributed by atoms with Gasteiger partial charge in [-0.3, -0.25) is 9.59 Å². The lowest BCUT2D eigenvalue weighted by Crippen LogP contribution is -2.32. The van der Waals surface area contributed by atoms with E-state index in [1.165, 1.54) is 11.8 Å². The van der Waals surface area contributed by atoms with Crippen molar-refractivity contribution >= 4 is 23.2 Å². The smallest absolute Gasteiger partial charge is 0.226 e. The van der Waals surface area contributed by atoms with Crippen LogP contribution in [0, 0.1) is 18.3 Å². The molecule has 0 aliphatic heterocycles. The van der Waals surface area contributed by atoms with E-state index in [4.69, 9.17) is 5.26 Å². The van der Waals surface area contributed by atoms with E-state index in [-0.39, 0.29) is 24.8 Å². The number of para-hydroxylation sites is 1.